The fourth-order valence-corrected chi connectivity index (χ4v) is 3.21. The molecule has 1 atom stereocenters. The van der Waals surface area contributed by atoms with Crippen molar-refractivity contribution in [3.05, 3.63) is 22.7 Å². The molecule has 2 aromatic heterocycles. The normalized spacial score (nSPS) is 18.9. The van der Waals surface area contributed by atoms with Crippen LogP contribution >= 0.6 is 11.3 Å². The highest BCUT2D eigenvalue weighted by Gasteiger charge is 2.26. The molecule has 2 heterocycles. The summed E-state index contributed by atoms with van der Waals surface area (Å²) in [5.74, 6) is 1.73. The van der Waals surface area contributed by atoms with E-state index in [9.17, 15) is 0 Å². The van der Waals surface area contributed by atoms with E-state index in [4.69, 9.17) is 10.3 Å². The fourth-order valence-electron chi connectivity index (χ4n) is 2.57. The second kappa shape index (κ2) is 5.20. The molecule has 0 spiro atoms. The van der Waals surface area contributed by atoms with E-state index in [2.05, 4.69) is 10.1 Å². The van der Waals surface area contributed by atoms with Gasteiger partial charge in [0.2, 0.25) is 11.7 Å². The van der Waals surface area contributed by atoms with Gasteiger partial charge in [0, 0.05) is 10.9 Å². The third kappa shape index (κ3) is 2.33. The maximum atomic E-state index is 6.24. The summed E-state index contributed by atoms with van der Waals surface area (Å²) in [4.78, 5) is 4.43. The topological polar surface area (TPSA) is 64.9 Å². The Hall–Kier alpha value is -1.20. The third-order valence-electron chi connectivity index (χ3n) is 3.66. The Morgan fingerprint density at radius 2 is 2.17 bits per heavy atom. The highest BCUT2D eigenvalue weighted by atomic mass is 32.1. The Morgan fingerprint density at radius 3 is 2.89 bits per heavy atom. The van der Waals surface area contributed by atoms with Crippen LogP contribution in [0.5, 0.6) is 0 Å². The molecule has 1 fully saturated rings. The number of hydrogen-bond acceptors (Lipinski definition) is 5. The Bertz CT molecular complexity index is 488. The summed E-state index contributed by atoms with van der Waals surface area (Å²) in [7, 11) is 0. The van der Waals surface area contributed by atoms with Crippen LogP contribution < -0.4 is 5.73 Å². The quantitative estimate of drug-likeness (QED) is 0.922. The molecule has 18 heavy (non-hydrogen) atoms. The monoisotopic (exact) mass is 263 g/mol. The molecule has 1 aliphatic rings. The summed E-state index contributed by atoms with van der Waals surface area (Å²) in [5.41, 5.74) is 7.25. The van der Waals surface area contributed by atoms with Gasteiger partial charge in [0.15, 0.2) is 0 Å². The van der Waals surface area contributed by atoms with Crippen molar-refractivity contribution in [3.63, 3.8) is 0 Å². The van der Waals surface area contributed by atoms with E-state index in [0.29, 0.717) is 17.6 Å². The van der Waals surface area contributed by atoms with E-state index in [1.807, 2.05) is 16.8 Å². The second-order valence-electron chi connectivity index (χ2n) is 4.89. The third-order valence-corrected chi connectivity index (χ3v) is 4.35. The predicted molar refractivity (Wildman–Crippen MR) is 71.1 cm³/mol. The van der Waals surface area contributed by atoms with Crippen LogP contribution in [0.2, 0.25) is 0 Å². The molecule has 1 aliphatic carbocycles. The van der Waals surface area contributed by atoms with E-state index >= 15 is 0 Å². The van der Waals surface area contributed by atoms with Crippen LogP contribution in [0.4, 0.5) is 0 Å². The first-order chi connectivity index (χ1) is 8.84. The van der Waals surface area contributed by atoms with Crippen molar-refractivity contribution >= 4 is 11.3 Å². The largest absolute Gasteiger partial charge is 0.337 e. The zero-order valence-electron chi connectivity index (χ0n) is 10.2. The molecule has 0 amide bonds. The molecule has 2 aromatic rings. The molecule has 0 radical (unpaired) electrons. The van der Waals surface area contributed by atoms with Gasteiger partial charge in [-0.2, -0.15) is 16.3 Å². The lowest BCUT2D eigenvalue weighted by atomic mass is 9.84. The fraction of sp³-hybridized carbons (Fsp3) is 0.538. The number of thiophene rings is 1. The first-order valence-electron chi connectivity index (χ1n) is 6.46. The van der Waals surface area contributed by atoms with Crippen molar-refractivity contribution in [2.45, 2.75) is 38.1 Å². The van der Waals surface area contributed by atoms with Gasteiger partial charge in [-0.3, -0.25) is 0 Å². The van der Waals surface area contributed by atoms with Crippen LogP contribution in [0.1, 0.15) is 44.0 Å². The molecule has 96 valence electrons. The van der Waals surface area contributed by atoms with Crippen molar-refractivity contribution in [1.82, 2.24) is 10.1 Å². The van der Waals surface area contributed by atoms with Crippen molar-refractivity contribution in [1.29, 1.82) is 0 Å². The van der Waals surface area contributed by atoms with E-state index < -0.39 is 0 Å². The average molecular weight is 263 g/mol. The Labute approximate surface area is 110 Å². The minimum atomic E-state index is -0.106. The minimum Gasteiger partial charge on any atom is -0.337 e. The van der Waals surface area contributed by atoms with Gasteiger partial charge in [-0.05, 0) is 30.2 Å². The van der Waals surface area contributed by atoms with Crippen LogP contribution in [0.25, 0.3) is 11.4 Å². The van der Waals surface area contributed by atoms with Crippen molar-refractivity contribution < 1.29 is 4.52 Å². The van der Waals surface area contributed by atoms with Crippen molar-refractivity contribution in [3.8, 4) is 11.4 Å². The van der Waals surface area contributed by atoms with Gasteiger partial charge in [0.1, 0.15) is 0 Å². The number of rotatable bonds is 3. The van der Waals surface area contributed by atoms with Crippen LogP contribution in [0.15, 0.2) is 21.3 Å². The van der Waals surface area contributed by atoms with Crippen LogP contribution in [0, 0.1) is 5.92 Å². The van der Waals surface area contributed by atoms with Gasteiger partial charge in [0.25, 0.3) is 0 Å². The summed E-state index contributed by atoms with van der Waals surface area (Å²) in [5, 5.41) is 8.04. The highest BCUT2D eigenvalue weighted by Crippen LogP contribution is 2.32. The number of nitrogens with zero attached hydrogens (tertiary/aromatic N) is 2. The maximum Gasteiger partial charge on any atom is 0.244 e. The van der Waals surface area contributed by atoms with Crippen LogP contribution in [0.3, 0.4) is 0 Å². The Morgan fingerprint density at radius 1 is 1.33 bits per heavy atom. The molecule has 0 aromatic carbocycles. The van der Waals surface area contributed by atoms with Gasteiger partial charge in [-0.25, -0.2) is 0 Å². The predicted octanol–water partition coefficient (Wildman–Crippen LogP) is 3.38. The van der Waals surface area contributed by atoms with Crippen molar-refractivity contribution in [2.75, 3.05) is 0 Å². The zero-order chi connectivity index (χ0) is 12.4. The molecular formula is C13H17N3OS. The van der Waals surface area contributed by atoms with Gasteiger partial charge < -0.3 is 10.3 Å². The number of nitrogens with two attached hydrogens (primary N) is 1. The standard InChI is InChI=1S/C13H17N3OS/c14-11(9-4-2-1-3-5-9)13-15-12(16-17-13)10-6-7-18-8-10/h6-9,11H,1-5,14H2. The average Bonchev–Trinajstić information content (AvgIpc) is 3.09. The molecule has 3 rings (SSSR count). The lowest BCUT2D eigenvalue weighted by molar-refractivity contribution is 0.255. The minimum absolute atomic E-state index is 0.106. The van der Waals surface area contributed by atoms with Gasteiger partial charge in [-0.15, -0.1) is 0 Å². The van der Waals surface area contributed by atoms with E-state index in [1.165, 1.54) is 32.1 Å². The molecule has 2 N–H and O–H groups in total. The molecule has 0 saturated heterocycles. The van der Waals surface area contributed by atoms with Gasteiger partial charge in [0.05, 0.1) is 6.04 Å². The summed E-state index contributed by atoms with van der Waals surface area (Å²) >= 11 is 1.63. The first kappa shape index (κ1) is 11.9. The molecule has 4 nitrogen and oxygen atoms in total. The van der Waals surface area contributed by atoms with E-state index in [-0.39, 0.29) is 6.04 Å². The highest BCUT2D eigenvalue weighted by molar-refractivity contribution is 7.08. The van der Waals surface area contributed by atoms with Crippen LogP contribution in [-0.2, 0) is 0 Å². The molecule has 5 heteroatoms. The smallest absolute Gasteiger partial charge is 0.244 e. The maximum absolute atomic E-state index is 6.24. The molecule has 1 saturated carbocycles. The summed E-state index contributed by atoms with van der Waals surface area (Å²) in [6.07, 6.45) is 6.22. The van der Waals surface area contributed by atoms with E-state index in [1.54, 1.807) is 11.3 Å². The second-order valence-corrected chi connectivity index (χ2v) is 5.67. The molecule has 0 aliphatic heterocycles. The Balaban J connectivity index is 1.76. The lowest BCUT2D eigenvalue weighted by Crippen LogP contribution is -2.23. The molecule has 1 unspecified atom stereocenters. The molecule has 0 bridgehead atoms. The molecular weight excluding hydrogens is 246 g/mol. The number of hydrogen-bond donors (Lipinski definition) is 1. The lowest BCUT2D eigenvalue weighted by Gasteiger charge is -2.24. The van der Waals surface area contributed by atoms with Crippen molar-refractivity contribution in [2.24, 2.45) is 11.7 Å². The SMILES string of the molecule is NC(c1nc(-c2ccsc2)no1)C1CCCCC1. The number of aromatic nitrogens is 2. The summed E-state index contributed by atoms with van der Waals surface area (Å²) < 4.78 is 5.32. The Kier molecular flexibility index (Phi) is 3.43. The van der Waals surface area contributed by atoms with Gasteiger partial charge >= 0.3 is 0 Å². The van der Waals surface area contributed by atoms with E-state index in [0.717, 1.165) is 5.56 Å². The first-order valence-corrected chi connectivity index (χ1v) is 7.40. The summed E-state index contributed by atoms with van der Waals surface area (Å²) in [6.45, 7) is 0. The zero-order valence-corrected chi connectivity index (χ0v) is 11.0. The van der Waals surface area contributed by atoms with Gasteiger partial charge in [-0.1, -0.05) is 24.4 Å². The van der Waals surface area contributed by atoms with Crippen LogP contribution in [-0.4, -0.2) is 10.1 Å². The summed E-state index contributed by atoms with van der Waals surface area (Å²) in [6, 6.07) is 1.89.